The van der Waals surface area contributed by atoms with E-state index in [1.54, 1.807) is 11.8 Å². The van der Waals surface area contributed by atoms with Gasteiger partial charge in [-0.1, -0.05) is 0 Å². The number of carbonyl (C=O) groups excluding carboxylic acids is 1. The topological polar surface area (TPSA) is 26.3 Å². The summed E-state index contributed by atoms with van der Waals surface area (Å²) in [4.78, 5) is 12.3. The van der Waals surface area contributed by atoms with Gasteiger partial charge in [0, 0.05) is 4.90 Å². The molecule has 0 saturated heterocycles. The molecule has 0 aromatic heterocycles. The zero-order chi connectivity index (χ0) is 12.1. The van der Waals surface area contributed by atoms with Gasteiger partial charge in [-0.15, -0.1) is 23.4 Å². The third-order valence-corrected chi connectivity index (χ3v) is 3.50. The Kier molecular flexibility index (Phi) is 5.16. The average molecular weight is 259 g/mol. The lowest BCUT2D eigenvalue weighted by Crippen LogP contribution is -2.04. The van der Waals surface area contributed by atoms with E-state index in [0.717, 1.165) is 16.2 Å². The van der Waals surface area contributed by atoms with Crippen LogP contribution < -0.4 is 4.74 Å². The van der Waals surface area contributed by atoms with E-state index in [2.05, 4.69) is 0 Å². The van der Waals surface area contributed by atoms with Crippen LogP contribution in [-0.4, -0.2) is 18.6 Å². The second kappa shape index (κ2) is 6.16. The molecule has 1 atom stereocenters. The van der Waals surface area contributed by atoms with Crippen molar-refractivity contribution in [3.05, 3.63) is 23.8 Å². The fraction of sp³-hybridized carbons (Fsp3) is 0.417. The van der Waals surface area contributed by atoms with Gasteiger partial charge in [0.2, 0.25) is 0 Å². The summed E-state index contributed by atoms with van der Waals surface area (Å²) in [6.07, 6.45) is 1.96. The van der Waals surface area contributed by atoms with Crippen molar-refractivity contribution in [3.63, 3.8) is 0 Å². The molecule has 0 bridgehead atoms. The lowest BCUT2D eigenvalue weighted by molar-refractivity contribution is -0.116. The molecular formula is C12H15ClO2S. The third kappa shape index (κ3) is 3.16. The van der Waals surface area contributed by atoms with Crippen molar-refractivity contribution in [2.24, 2.45) is 0 Å². The summed E-state index contributed by atoms with van der Waals surface area (Å²) >= 11 is 7.65. The first kappa shape index (κ1) is 13.4. The number of Topliss-reactive ketones (excluding diaryl/α,β-unsaturated/α-hetero) is 1. The number of thioether (sulfide) groups is 1. The van der Waals surface area contributed by atoms with Gasteiger partial charge in [0.25, 0.3) is 0 Å². The van der Waals surface area contributed by atoms with Crippen molar-refractivity contribution in [1.82, 2.24) is 0 Å². The van der Waals surface area contributed by atoms with E-state index in [9.17, 15) is 4.79 Å². The van der Waals surface area contributed by atoms with Gasteiger partial charge >= 0.3 is 0 Å². The molecule has 0 aliphatic heterocycles. The Hall–Kier alpha value is -0.670. The van der Waals surface area contributed by atoms with Gasteiger partial charge in [0.1, 0.15) is 11.1 Å². The molecule has 4 heteroatoms. The Morgan fingerprint density at radius 2 is 2.25 bits per heavy atom. The number of hydrogen-bond acceptors (Lipinski definition) is 3. The minimum absolute atomic E-state index is 0.0504. The lowest BCUT2D eigenvalue weighted by Gasteiger charge is -2.13. The van der Waals surface area contributed by atoms with Gasteiger partial charge in [-0.3, -0.25) is 4.79 Å². The molecule has 0 spiro atoms. The second-order valence-electron chi connectivity index (χ2n) is 3.31. The zero-order valence-corrected chi connectivity index (χ0v) is 11.2. The molecule has 0 radical (unpaired) electrons. The largest absolute Gasteiger partial charge is 0.494 e. The number of hydrogen-bond donors (Lipinski definition) is 0. The van der Waals surface area contributed by atoms with Gasteiger partial charge in [-0.05, 0) is 43.9 Å². The zero-order valence-electron chi connectivity index (χ0n) is 9.62. The van der Waals surface area contributed by atoms with Crippen LogP contribution in [0.5, 0.6) is 5.75 Å². The highest BCUT2D eigenvalue weighted by Crippen LogP contribution is 2.33. The highest BCUT2D eigenvalue weighted by atomic mass is 35.5. The molecule has 0 N–H and O–H groups in total. The van der Waals surface area contributed by atoms with Crippen molar-refractivity contribution in [2.45, 2.75) is 24.1 Å². The molecule has 1 aromatic rings. The fourth-order valence-electron chi connectivity index (χ4n) is 1.39. The molecule has 16 heavy (non-hydrogen) atoms. The molecule has 88 valence electrons. The molecule has 0 fully saturated rings. The van der Waals surface area contributed by atoms with Crippen molar-refractivity contribution in [1.29, 1.82) is 0 Å². The Balaban J connectivity index is 3.11. The Bertz CT molecular complexity index is 379. The molecule has 1 unspecified atom stereocenters. The predicted octanol–water partition coefficient (Wildman–Crippen LogP) is 3.68. The first-order valence-electron chi connectivity index (χ1n) is 5.05. The van der Waals surface area contributed by atoms with Crippen LogP contribution in [-0.2, 0) is 4.79 Å². The maximum atomic E-state index is 11.3. The third-order valence-electron chi connectivity index (χ3n) is 2.14. The highest BCUT2D eigenvalue weighted by Gasteiger charge is 2.17. The summed E-state index contributed by atoms with van der Waals surface area (Å²) in [6, 6.07) is 5.67. The second-order valence-corrected chi connectivity index (χ2v) is 4.59. The molecule has 2 nitrogen and oxygen atoms in total. The number of carbonyl (C=O) groups is 1. The van der Waals surface area contributed by atoms with Crippen LogP contribution in [0.3, 0.4) is 0 Å². The number of ketones is 1. The van der Waals surface area contributed by atoms with Crippen molar-refractivity contribution in [2.75, 3.05) is 12.9 Å². The molecular weight excluding hydrogens is 244 g/mol. The molecule has 1 aromatic carbocycles. The smallest absolute Gasteiger partial charge is 0.152 e. The molecule has 0 heterocycles. The van der Waals surface area contributed by atoms with E-state index in [4.69, 9.17) is 16.3 Å². The Morgan fingerprint density at radius 3 is 2.75 bits per heavy atom. The van der Waals surface area contributed by atoms with Crippen LogP contribution in [0.2, 0.25) is 0 Å². The maximum Gasteiger partial charge on any atom is 0.152 e. The van der Waals surface area contributed by atoms with Gasteiger partial charge in [0.05, 0.1) is 6.61 Å². The van der Waals surface area contributed by atoms with Crippen LogP contribution in [0.25, 0.3) is 0 Å². The minimum atomic E-state index is -0.595. The van der Waals surface area contributed by atoms with E-state index in [0.29, 0.717) is 6.61 Å². The molecule has 0 amide bonds. The van der Waals surface area contributed by atoms with Gasteiger partial charge < -0.3 is 4.74 Å². The summed E-state index contributed by atoms with van der Waals surface area (Å²) in [5.74, 6) is 0.702. The first-order valence-corrected chi connectivity index (χ1v) is 6.71. The van der Waals surface area contributed by atoms with E-state index in [1.807, 2.05) is 31.4 Å². The van der Waals surface area contributed by atoms with Crippen molar-refractivity contribution < 1.29 is 9.53 Å². The summed E-state index contributed by atoms with van der Waals surface area (Å²) in [7, 11) is 0. The van der Waals surface area contributed by atoms with Crippen LogP contribution in [0.1, 0.15) is 24.8 Å². The fourth-order valence-corrected chi connectivity index (χ4v) is 2.25. The van der Waals surface area contributed by atoms with Crippen LogP contribution in [0.15, 0.2) is 23.1 Å². The molecule has 1 rings (SSSR count). The number of rotatable bonds is 5. The molecule has 0 aliphatic carbocycles. The van der Waals surface area contributed by atoms with E-state index < -0.39 is 5.38 Å². The normalized spacial score (nSPS) is 12.2. The average Bonchev–Trinajstić information content (AvgIpc) is 2.28. The van der Waals surface area contributed by atoms with Crippen molar-refractivity contribution >= 4 is 29.1 Å². The van der Waals surface area contributed by atoms with E-state index in [-0.39, 0.29) is 5.78 Å². The van der Waals surface area contributed by atoms with Crippen LogP contribution in [0, 0.1) is 0 Å². The van der Waals surface area contributed by atoms with Gasteiger partial charge in [0.15, 0.2) is 5.78 Å². The Morgan fingerprint density at radius 1 is 1.56 bits per heavy atom. The molecule has 0 aliphatic rings. The quantitative estimate of drug-likeness (QED) is 0.595. The molecule has 0 saturated carbocycles. The van der Waals surface area contributed by atoms with Crippen molar-refractivity contribution in [3.8, 4) is 5.75 Å². The summed E-state index contributed by atoms with van der Waals surface area (Å²) < 4.78 is 5.40. The monoisotopic (exact) mass is 258 g/mol. The predicted molar refractivity (Wildman–Crippen MR) is 68.7 cm³/mol. The number of alkyl halides is 1. The maximum absolute atomic E-state index is 11.3. The summed E-state index contributed by atoms with van der Waals surface area (Å²) in [5.41, 5.74) is 0.826. The van der Waals surface area contributed by atoms with E-state index in [1.165, 1.54) is 6.92 Å². The summed E-state index contributed by atoms with van der Waals surface area (Å²) in [6.45, 7) is 4.02. The van der Waals surface area contributed by atoms with Crippen LogP contribution >= 0.6 is 23.4 Å². The lowest BCUT2D eigenvalue weighted by atomic mass is 10.1. The summed E-state index contributed by atoms with van der Waals surface area (Å²) in [5, 5.41) is -0.595. The number of ether oxygens (including phenoxy) is 1. The van der Waals surface area contributed by atoms with Crippen LogP contribution in [0.4, 0.5) is 0 Å². The SMILES string of the molecule is CCOc1ccc(SC)c(C(Cl)C(C)=O)c1. The standard InChI is InChI=1S/C12H15ClO2S/c1-4-15-9-5-6-11(16-3)10(7-9)12(13)8(2)14/h5-7,12H,4H2,1-3H3. The highest BCUT2D eigenvalue weighted by molar-refractivity contribution is 7.98. The van der Waals surface area contributed by atoms with E-state index >= 15 is 0 Å². The first-order chi connectivity index (χ1) is 7.60. The number of benzene rings is 1. The van der Waals surface area contributed by atoms with Gasteiger partial charge in [-0.2, -0.15) is 0 Å². The van der Waals surface area contributed by atoms with Gasteiger partial charge in [-0.25, -0.2) is 0 Å². The minimum Gasteiger partial charge on any atom is -0.494 e. The Labute approximate surface area is 105 Å². The number of halogens is 1.